The van der Waals surface area contributed by atoms with Crippen molar-refractivity contribution in [2.45, 2.75) is 38.4 Å². The molecular weight excluding hydrogens is 429 g/mol. The van der Waals surface area contributed by atoms with Crippen molar-refractivity contribution in [2.75, 3.05) is 36.8 Å². The van der Waals surface area contributed by atoms with Crippen molar-refractivity contribution in [3.8, 4) is 0 Å². The van der Waals surface area contributed by atoms with Gasteiger partial charge in [-0.1, -0.05) is 30.8 Å². The van der Waals surface area contributed by atoms with Crippen LogP contribution in [0.15, 0.2) is 40.3 Å². The molecule has 1 aliphatic heterocycles. The van der Waals surface area contributed by atoms with E-state index in [2.05, 4.69) is 9.97 Å². The Morgan fingerprint density at radius 3 is 2.66 bits per heavy atom. The van der Waals surface area contributed by atoms with Crippen molar-refractivity contribution >= 4 is 34.4 Å². The van der Waals surface area contributed by atoms with Gasteiger partial charge in [-0.2, -0.15) is 0 Å². The number of amides is 1. The van der Waals surface area contributed by atoms with Crippen LogP contribution in [0, 0.1) is 12.7 Å². The first-order chi connectivity index (χ1) is 15.4. The van der Waals surface area contributed by atoms with Gasteiger partial charge in [0.2, 0.25) is 5.91 Å². The first kappa shape index (κ1) is 22.4. The van der Waals surface area contributed by atoms with Crippen LogP contribution >= 0.6 is 11.8 Å². The highest BCUT2D eigenvalue weighted by Crippen LogP contribution is 2.24. The first-order valence-corrected chi connectivity index (χ1v) is 11.9. The number of H-pyrrole nitrogens is 1. The highest BCUT2D eigenvalue weighted by atomic mass is 32.2. The molecule has 170 valence electrons. The summed E-state index contributed by atoms with van der Waals surface area (Å²) < 4.78 is 15.7. The minimum Gasteiger partial charge on any atom is -0.366 e. The predicted molar refractivity (Wildman–Crippen MR) is 126 cm³/mol. The number of fused-ring (bicyclic) bond motifs is 1. The molecule has 1 amide bonds. The summed E-state index contributed by atoms with van der Waals surface area (Å²) in [6, 6.07) is 8.54. The summed E-state index contributed by atoms with van der Waals surface area (Å²) in [7, 11) is 0. The summed E-state index contributed by atoms with van der Waals surface area (Å²) in [5.74, 6) is -0.0388. The number of aryl methyl sites for hydroxylation is 1. The van der Waals surface area contributed by atoms with Crippen molar-refractivity contribution in [1.82, 2.24) is 19.4 Å². The van der Waals surface area contributed by atoms with E-state index in [1.165, 1.54) is 17.8 Å². The maximum atomic E-state index is 14.1. The molecule has 2 aromatic heterocycles. The summed E-state index contributed by atoms with van der Waals surface area (Å²) in [6.07, 6.45) is 0.784. The number of anilines is 1. The van der Waals surface area contributed by atoms with Crippen LogP contribution in [0.2, 0.25) is 0 Å². The Morgan fingerprint density at radius 1 is 1.25 bits per heavy atom. The van der Waals surface area contributed by atoms with Gasteiger partial charge in [0.05, 0.1) is 17.0 Å². The zero-order valence-corrected chi connectivity index (χ0v) is 19.4. The standard InChI is InChI=1S/C23H28FN5O2S/c1-4-16(3)29-22(31)21-18(13-15(2)25-21)26-23(29)32-14-20(30)28-11-9-27(10-12-28)19-8-6-5-7-17(19)24/h5-8,13,16,25H,4,9-12,14H2,1-3H3/t16-/m1/s1. The SMILES string of the molecule is CC[C@@H](C)n1c(SCC(=O)N2CCN(c3ccccc3F)CC2)nc2cc(C)[nH]c2c1=O. The molecule has 3 heterocycles. The quantitative estimate of drug-likeness (QED) is 0.452. The van der Waals surface area contributed by atoms with E-state index in [-0.39, 0.29) is 29.1 Å². The fourth-order valence-corrected chi connectivity index (χ4v) is 4.99. The summed E-state index contributed by atoms with van der Waals surface area (Å²) in [6.45, 7) is 8.15. The minimum atomic E-state index is -0.243. The van der Waals surface area contributed by atoms with Gasteiger partial charge in [-0.05, 0) is 38.5 Å². The Bertz CT molecular complexity index is 1180. The number of carbonyl (C=O) groups excluding carboxylic acids is 1. The lowest BCUT2D eigenvalue weighted by molar-refractivity contribution is -0.128. The molecule has 9 heteroatoms. The Morgan fingerprint density at radius 2 is 1.97 bits per heavy atom. The highest BCUT2D eigenvalue weighted by Gasteiger charge is 2.24. The zero-order valence-electron chi connectivity index (χ0n) is 18.6. The maximum Gasteiger partial charge on any atom is 0.278 e. The molecule has 0 bridgehead atoms. The van der Waals surface area contributed by atoms with Crippen LogP contribution in [0.4, 0.5) is 10.1 Å². The summed E-state index contributed by atoms with van der Waals surface area (Å²) >= 11 is 1.30. The van der Waals surface area contributed by atoms with E-state index in [9.17, 15) is 14.0 Å². The number of rotatable bonds is 6. The van der Waals surface area contributed by atoms with E-state index in [4.69, 9.17) is 0 Å². The number of halogens is 1. The van der Waals surface area contributed by atoms with Crippen LogP contribution in [0.5, 0.6) is 0 Å². The van der Waals surface area contributed by atoms with E-state index in [1.54, 1.807) is 21.6 Å². The second kappa shape index (κ2) is 9.36. The first-order valence-electron chi connectivity index (χ1n) is 10.9. The van der Waals surface area contributed by atoms with Gasteiger partial charge >= 0.3 is 0 Å². The summed E-state index contributed by atoms with van der Waals surface area (Å²) in [4.78, 5) is 37.5. The molecular formula is C23H28FN5O2S. The molecule has 0 unspecified atom stereocenters. The lowest BCUT2D eigenvalue weighted by atomic mass is 10.2. The molecule has 1 fully saturated rings. The van der Waals surface area contributed by atoms with Gasteiger partial charge in [0.25, 0.3) is 5.56 Å². The molecule has 0 saturated carbocycles. The number of nitrogens with one attached hydrogen (secondary N) is 1. The highest BCUT2D eigenvalue weighted by molar-refractivity contribution is 7.99. The number of aromatic amines is 1. The molecule has 0 aliphatic carbocycles. The average molecular weight is 458 g/mol. The lowest BCUT2D eigenvalue weighted by Crippen LogP contribution is -2.49. The van der Waals surface area contributed by atoms with Gasteiger partial charge in [-0.25, -0.2) is 9.37 Å². The van der Waals surface area contributed by atoms with E-state index < -0.39 is 0 Å². The van der Waals surface area contributed by atoms with Crippen molar-refractivity contribution in [2.24, 2.45) is 0 Å². The number of carbonyl (C=O) groups is 1. The van der Waals surface area contributed by atoms with Gasteiger partial charge < -0.3 is 14.8 Å². The molecule has 3 aromatic rings. The second-order valence-electron chi connectivity index (χ2n) is 8.15. The van der Waals surface area contributed by atoms with E-state index in [0.29, 0.717) is 48.1 Å². The molecule has 7 nitrogen and oxygen atoms in total. The van der Waals surface area contributed by atoms with E-state index >= 15 is 0 Å². The van der Waals surface area contributed by atoms with Gasteiger partial charge in [-0.15, -0.1) is 0 Å². The monoisotopic (exact) mass is 457 g/mol. The largest absolute Gasteiger partial charge is 0.366 e. The number of thioether (sulfide) groups is 1. The topological polar surface area (TPSA) is 74.2 Å². The van der Waals surface area contributed by atoms with Crippen LogP contribution < -0.4 is 10.5 Å². The van der Waals surface area contributed by atoms with E-state index in [1.807, 2.05) is 37.8 Å². The van der Waals surface area contributed by atoms with Crippen LogP contribution in [-0.4, -0.2) is 57.3 Å². The molecule has 0 radical (unpaired) electrons. The van der Waals surface area contributed by atoms with Crippen LogP contribution in [-0.2, 0) is 4.79 Å². The van der Waals surface area contributed by atoms with Gasteiger partial charge in [-0.3, -0.25) is 14.2 Å². The Hall–Kier alpha value is -2.81. The molecule has 4 rings (SSSR count). The van der Waals surface area contributed by atoms with Crippen LogP contribution in [0.1, 0.15) is 32.0 Å². The van der Waals surface area contributed by atoms with Crippen molar-refractivity contribution in [3.63, 3.8) is 0 Å². The zero-order chi connectivity index (χ0) is 22.8. The Labute approximate surface area is 190 Å². The van der Waals surface area contributed by atoms with Gasteiger partial charge in [0, 0.05) is 37.9 Å². The Balaban J connectivity index is 1.45. The third kappa shape index (κ3) is 4.39. The average Bonchev–Trinajstić information content (AvgIpc) is 3.18. The molecule has 32 heavy (non-hydrogen) atoms. The molecule has 0 spiro atoms. The molecule has 1 aromatic carbocycles. The van der Waals surface area contributed by atoms with Crippen LogP contribution in [0.3, 0.4) is 0 Å². The third-order valence-corrected chi connectivity index (χ3v) is 6.91. The number of benzene rings is 1. The lowest BCUT2D eigenvalue weighted by Gasteiger charge is -2.36. The van der Waals surface area contributed by atoms with Crippen molar-refractivity contribution < 1.29 is 9.18 Å². The fourth-order valence-electron chi connectivity index (χ4n) is 3.99. The van der Waals surface area contributed by atoms with E-state index in [0.717, 1.165) is 12.1 Å². The van der Waals surface area contributed by atoms with Crippen molar-refractivity contribution in [3.05, 3.63) is 52.2 Å². The second-order valence-corrected chi connectivity index (χ2v) is 9.09. The summed E-state index contributed by atoms with van der Waals surface area (Å²) in [5.41, 5.74) is 2.48. The fraction of sp³-hybridized carbons (Fsp3) is 0.435. The number of nitrogens with zero attached hydrogens (tertiary/aromatic N) is 4. The molecule has 1 saturated heterocycles. The smallest absolute Gasteiger partial charge is 0.278 e. The molecule has 1 N–H and O–H groups in total. The third-order valence-electron chi connectivity index (χ3n) is 5.97. The molecule has 1 atom stereocenters. The number of para-hydroxylation sites is 1. The van der Waals surface area contributed by atoms with Gasteiger partial charge in [0.1, 0.15) is 11.3 Å². The van der Waals surface area contributed by atoms with Gasteiger partial charge in [0.15, 0.2) is 5.16 Å². The Kier molecular flexibility index (Phi) is 6.55. The number of hydrogen-bond donors (Lipinski definition) is 1. The maximum absolute atomic E-state index is 14.1. The van der Waals surface area contributed by atoms with Crippen molar-refractivity contribution in [1.29, 1.82) is 0 Å². The number of piperazine rings is 1. The van der Waals surface area contributed by atoms with Crippen LogP contribution in [0.25, 0.3) is 11.0 Å². The predicted octanol–water partition coefficient (Wildman–Crippen LogP) is 3.58. The number of hydrogen-bond acceptors (Lipinski definition) is 5. The minimum absolute atomic E-state index is 0.00141. The normalized spacial score (nSPS) is 15.4. The number of aromatic nitrogens is 3. The molecule has 1 aliphatic rings. The summed E-state index contributed by atoms with van der Waals surface area (Å²) in [5, 5.41) is 0.564.